The highest BCUT2D eigenvalue weighted by Gasteiger charge is 2.29. The SMILES string of the molecule is CCNC(=O)c1cc(C(=O)NC(C)c2cnc(OCC(F)(F)F)c(CI)c2)cc(C)n1. The molecular formula is C20H22F3IN4O3. The molecule has 0 aromatic carbocycles. The molecule has 2 heterocycles. The Bertz CT molecular complexity index is 954. The second-order valence-electron chi connectivity index (χ2n) is 6.71. The molecule has 1 atom stereocenters. The smallest absolute Gasteiger partial charge is 0.422 e. The van der Waals surface area contributed by atoms with Crippen LogP contribution in [0.5, 0.6) is 5.88 Å². The van der Waals surface area contributed by atoms with Gasteiger partial charge in [0.2, 0.25) is 5.88 Å². The average Bonchev–Trinajstić information content (AvgIpc) is 2.71. The third-order valence-electron chi connectivity index (χ3n) is 4.10. The van der Waals surface area contributed by atoms with Crippen LogP contribution in [0.15, 0.2) is 24.4 Å². The quantitative estimate of drug-likeness (QED) is 0.385. The van der Waals surface area contributed by atoms with Gasteiger partial charge in [0.1, 0.15) is 5.69 Å². The lowest BCUT2D eigenvalue weighted by atomic mass is 10.1. The zero-order chi connectivity index (χ0) is 23.2. The zero-order valence-electron chi connectivity index (χ0n) is 17.1. The van der Waals surface area contributed by atoms with E-state index < -0.39 is 24.7 Å². The van der Waals surface area contributed by atoms with Gasteiger partial charge in [-0.3, -0.25) is 9.59 Å². The standard InChI is InChI=1S/C20H22F3IN4O3/c1-4-25-18(30)16-7-13(5-11(2)27-16)17(29)28-12(3)15-6-14(8-24)19(26-9-15)31-10-20(21,22)23/h5-7,9,12H,4,8,10H2,1-3H3,(H,25,30)(H,28,29). The van der Waals surface area contributed by atoms with Crippen LogP contribution < -0.4 is 15.4 Å². The van der Waals surface area contributed by atoms with Crippen molar-refractivity contribution in [3.8, 4) is 5.88 Å². The van der Waals surface area contributed by atoms with Gasteiger partial charge in [-0.2, -0.15) is 13.2 Å². The fraction of sp³-hybridized carbons (Fsp3) is 0.400. The number of ether oxygens (including phenoxy) is 1. The predicted molar refractivity (Wildman–Crippen MR) is 116 cm³/mol. The van der Waals surface area contributed by atoms with Crippen molar-refractivity contribution < 1.29 is 27.5 Å². The van der Waals surface area contributed by atoms with E-state index >= 15 is 0 Å². The summed E-state index contributed by atoms with van der Waals surface area (Å²) in [6, 6.07) is 4.13. The van der Waals surface area contributed by atoms with E-state index in [2.05, 4.69) is 20.6 Å². The van der Waals surface area contributed by atoms with Gasteiger partial charge in [0.25, 0.3) is 11.8 Å². The first-order valence-electron chi connectivity index (χ1n) is 9.36. The summed E-state index contributed by atoms with van der Waals surface area (Å²) in [5.74, 6) is -0.888. The average molecular weight is 550 g/mol. The van der Waals surface area contributed by atoms with Gasteiger partial charge < -0.3 is 15.4 Å². The number of hydrogen-bond acceptors (Lipinski definition) is 5. The second-order valence-corrected chi connectivity index (χ2v) is 7.47. The summed E-state index contributed by atoms with van der Waals surface area (Å²) in [6.07, 6.45) is -3.09. The van der Waals surface area contributed by atoms with Gasteiger partial charge in [-0.05, 0) is 44.5 Å². The van der Waals surface area contributed by atoms with Crippen molar-refractivity contribution in [2.75, 3.05) is 13.2 Å². The third kappa shape index (κ3) is 7.33. The molecule has 1 unspecified atom stereocenters. The molecule has 0 fully saturated rings. The molecule has 0 aliphatic carbocycles. The number of alkyl halides is 4. The summed E-state index contributed by atoms with van der Waals surface area (Å²) in [6.45, 7) is 4.19. The molecule has 2 N–H and O–H groups in total. The Morgan fingerprint density at radius 1 is 1.23 bits per heavy atom. The molecule has 31 heavy (non-hydrogen) atoms. The van der Waals surface area contributed by atoms with Gasteiger partial charge in [-0.1, -0.05) is 22.6 Å². The lowest BCUT2D eigenvalue weighted by Crippen LogP contribution is -2.28. The normalized spacial score (nSPS) is 12.2. The highest BCUT2D eigenvalue weighted by atomic mass is 127. The van der Waals surface area contributed by atoms with Crippen molar-refractivity contribution >= 4 is 34.4 Å². The first-order valence-corrected chi connectivity index (χ1v) is 10.9. The first kappa shape index (κ1) is 24.8. The van der Waals surface area contributed by atoms with E-state index in [1.165, 1.54) is 12.3 Å². The molecule has 2 aromatic rings. The number of aryl methyl sites for hydroxylation is 1. The highest BCUT2D eigenvalue weighted by Crippen LogP contribution is 2.25. The van der Waals surface area contributed by atoms with Crippen LogP contribution in [0.3, 0.4) is 0 Å². The zero-order valence-corrected chi connectivity index (χ0v) is 19.3. The topological polar surface area (TPSA) is 93.2 Å². The number of amides is 2. The van der Waals surface area contributed by atoms with E-state index in [1.54, 1.807) is 32.9 Å². The number of halogens is 4. The highest BCUT2D eigenvalue weighted by molar-refractivity contribution is 14.1. The van der Waals surface area contributed by atoms with Gasteiger partial charge in [-0.15, -0.1) is 0 Å². The van der Waals surface area contributed by atoms with Crippen LogP contribution in [0, 0.1) is 6.92 Å². The number of carbonyl (C=O) groups is 2. The van der Waals surface area contributed by atoms with E-state index in [4.69, 9.17) is 4.74 Å². The molecule has 0 saturated carbocycles. The van der Waals surface area contributed by atoms with E-state index in [-0.39, 0.29) is 23.0 Å². The maximum Gasteiger partial charge on any atom is 0.422 e. The monoisotopic (exact) mass is 550 g/mol. The number of pyridine rings is 2. The molecular weight excluding hydrogens is 528 g/mol. The molecule has 0 bridgehead atoms. The molecule has 0 aliphatic rings. The van der Waals surface area contributed by atoms with E-state index in [0.29, 0.717) is 27.8 Å². The molecule has 2 rings (SSSR count). The Balaban J connectivity index is 2.16. The summed E-state index contributed by atoms with van der Waals surface area (Å²) in [4.78, 5) is 32.9. The Hall–Kier alpha value is -2.44. The maximum absolute atomic E-state index is 12.7. The molecule has 0 spiro atoms. The van der Waals surface area contributed by atoms with Crippen LogP contribution in [-0.4, -0.2) is 41.1 Å². The molecule has 0 saturated heterocycles. The van der Waals surface area contributed by atoms with E-state index in [1.807, 2.05) is 22.6 Å². The number of carbonyl (C=O) groups excluding carboxylic acids is 2. The van der Waals surface area contributed by atoms with Crippen molar-refractivity contribution in [3.63, 3.8) is 0 Å². The molecule has 7 nitrogen and oxygen atoms in total. The van der Waals surface area contributed by atoms with Gasteiger partial charge in [0, 0.05) is 34.0 Å². The number of nitrogens with zero attached hydrogens (tertiary/aromatic N) is 2. The number of nitrogens with one attached hydrogen (secondary N) is 2. The number of rotatable bonds is 8. The van der Waals surface area contributed by atoms with Crippen LogP contribution in [0.2, 0.25) is 0 Å². The maximum atomic E-state index is 12.7. The first-order chi connectivity index (χ1) is 14.5. The van der Waals surface area contributed by atoms with Crippen LogP contribution in [0.25, 0.3) is 0 Å². The van der Waals surface area contributed by atoms with Crippen LogP contribution in [0.1, 0.15) is 57.6 Å². The Morgan fingerprint density at radius 2 is 1.94 bits per heavy atom. The van der Waals surface area contributed by atoms with E-state index in [0.717, 1.165) is 0 Å². The van der Waals surface area contributed by atoms with Gasteiger partial charge in [-0.25, -0.2) is 9.97 Å². The lowest BCUT2D eigenvalue weighted by molar-refractivity contribution is -0.154. The summed E-state index contributed by atoms with van der Waals surface area (Å²) in [5.41, 5.74) is 2.02. The summed E-state index contributed by atoms with van der Waals surface area (Å²) < 4.78 is 42.4. The van der Waals surface area contributed by atoms with Crippen LogP contribution in [0.4, 0.5) is 13.2 Å². The van der Waals surface area contributed by atoms with E-state index in [9.17, 15) is 22.8 Å². The third-order valence-corrected chi connectivity index (χ3v) is 4.92. The molecule has 2 amide bonds. The van der Waals surface area contributed by atoms with Crippen molar-refractivity contribution in [3.05, 3.63) is 52.5 Å². The molecule has 2 aromatic heterocycles. The summed E-state index contributed by atoms with van der Waals surface area (Å²) in [7, 11) is 0. The van der Waals surface area contributed by atoms with Crippen LogP contribution >= 0.6 is 22.6 Å². The van der Waals surface area contributed by atoms with Crippen molar-refractivity contribution in [1.29, 1.82) is 0 Å². The fourth-order valence-corrected chi connectivity index (χ4v) is 3.21. The summed E-state index contributed by atoms with van der Waals surface area (Å²) >= 11 is 2.00. The van der Waals surface area contributed by atoms with Gasteiger partial charge in [0.05, 0.1) is 6.04 Å². The van der Waals surface area contributed by atoms with Gasteiger partial charge in [0.15, 0.2) is 6.61 Å². The summed E-state index contributed by atoms with van der Waals surface area (Å²) in [5, 5.41) is 5.44. The molecule has 0 aliphatic heterocycles. The predicted octanol–water partition coefficient (Wildman–Crippen LogP) is 3.90. The second kappa shape index (κ2) is 10.7. The Labute approximate surface area is 191 Å². The van der Waals surface area contributed by atoms with Crippen molar-refractivity contribution in [2.24, 2.45) is 0 Å². The van der Waals surface area contributed by atoms with Crippen molar-refractivity contribution in [1.82, 2.24) is 20.6 Å². The van der Waals surface area contributed by atoms with Crippen LogP contribution in [-0.2, 0) is 4.43 Å². The Morgan fingerprint density at radius 3 is 2.55 bits per heavy atom. The number of hydrogen-bond donors (Lipinski definition) is 2. The Kier molecular flexibility index (Phi) is 8.60. The number of aromatic nitrogens is 2. The largest absolute Gasteiger partial charge is 0.468 e. The van der Waals surface area contributed by atoms with Crippen molar-refractivity contribution in [2.45, 2.75) is 37.4 Å². The molecule has 0 radical (unpaired) electrons. The lowest BCUT2D eigenvalue weighted by Gasteiger charge is -2.17. The minimum absolute atomic E-state index is 0.0923. The minimum atomic E-state index is -4.46. The van der Waals surface area contributed by atoms with Gasteiger partial charge >= 0.3 is 6.18 Å². The molecule has 168 valence electrons. The fourth-order valence-electron chi connectivity index (χ4n) is 2.66. The molecule has 11 heteroatoms. The minimum Gasteiger partial charge on any atom is -0.468 e.